The van der Waals surface area contributed by atoms with Crippen molar-refractivity contribution in [2.45, 2.75) is 37.8 Å². The molecule has 1 aliphatic heterocycles. The molecule has 1 aliphatic rings. The van der Waals surface area contributed by atoms with E-state index in [2.05, 4.69) is 30.0 Å². The lowest BCUT2D eigenvalue weighted by Gasteiger charge is -2.19. The fraction of sp³-hybridized carbons (Fsp3) is 0.588. The highest BCUT2D eigenvalue weighted by Gasteiger charge is 2.41. The van der Waals surface area contributed by atoms with Gasteiger partial charge in [0, 0.05) is 24.7 Å². The molecule has 0 bridgehead atoms. The van der Waals surface area contributed by atoms with Crippen LogP contribution in [-0.2, 0) is 47.5 Å². The fourth-order valence-corrected chi connectivity index (χ4v) is 6.08. The molecule has 2 rings (SSSR count). The van der Waals surface area contributed by atoms with E-state index >= 15 is 0 Å². The highest BCUT2D eigenvalue weighted by atomic mass is 31.3. The van der Waals surface area contributed by atoms with Crippen LogP contribution in [0.3, 0.4) is 0 Å². The maximum atomic E-state index is 12.3. The third-order valence-corrected chi connectivity index (χ3v) is 8.45. The van der Waals surface area contributed by atoms with Crippen LogP contribution in [-0.4, -0.2) is 73.7 Å². The first-order chi connectivity index (χ1) is 18.8. The molecule has 232 valence electrons. The van der Waals surface area contributed by atoms with Gasteiger partial charge in [-0.3, -0.25) is 23.7 Å². The Labute approximate surface area is 227 Å². The number of hydrogen-bond acceptors (Lipinski definition) is 11. The van der Waals surface area contributed by atoms with E-state index in [9.17, 15) is 46.1 Å². The summed E-state index contributed by atoms with van der Waals surface area (Å²) in [4.78, 5) is 72.8. The molecule has 4 atom stereocenters. The van der Waals surface area contributed by atoms with E-state index in [0.717, 1.165) is 10.8 Å². The van der Waals surface area contributed by atoms with Crippen LogP contribution in [0, 0.1) is 11.8 Å². The van der Waals surface area contributed by atoms with Crippen molar-refractivity contribution in [3.05, 3.63) is 32.6 Å². The highest BCUT2D eigenvalue weighted by Crippen LogP contribution is 2.66. The van der Waals surface area contributed by atoms with Crippen LogP contribution in [0.5, 0.6) is 0 Å². The molecule has 2 heterocycles. The molecule has 0 aliphatic carbocycles. The van der Waals surface area contributed by atoms with Crippen molar-refractivity contribution in [2.24, 2.45) is 0 Å². The molecule has 1 amide bonds. The monoisotopic (exact) mass is 659 g/mol. The number of amides is 1. The minimum absolute atomic E-state index is 0.0230. The molecule has 0 spiro atoms. The first-order valence-electron chi connectivity index (χ1n) is 10.9. The molecule has 0 radical (unpaired) electrons. The van der Waals surface area contributed by atoms with Crippen LogP contribution in [0.1, 0.15) is 24.6 Å². The summed E-state index contributed by atoms with van der Waals surface area (Å²) < 4.78 is 93.2. The van der Waals surface area contributed by atoms with Gasteiger partial charge >= 0.3 is 41.2 Å². The van der Waals surface area contributed by atoms with Gasteiger partial charge in [-0.1, -0.05) is 11.8 Å². The number of nitrogens with one attached hydrogen (secondary N) is 2. The summed E-state index contributed by atoms with van der Waals surface area (Å²) in [7, 11) is -16.6. The van der Waals surface area contributed by atoms with Gasteiger partial charge in [-0.2, -0.15) is 21.8 Å². The number of carbonyl (C=O) groups is 1. The normalized spacial score (nSPS) is 20.5. The van der Waals surface area contributed by atoms with Crippen molar-refractivity contribution in [1.29, 1.82) is 0 Å². The first-order valence-corrected chi connectivity index (χ1v) is 15.5. The lowest BCUT2D eigenvalue weighted by molar-refractivity contribution is -0.173. The second-order valence-corrected chi connectivity index (χ2v) is 12.3. The number of ether oxygens (including phenoxy) is 2. The number of H-pyrrole nitrogens is 1. The summed E-state index contributed by atoms with van der Waals surface area (Å²) in [5.41, 5.74) is -1.61. The second kappa shape index (κ2) is 14.3. The first kappa shape index (κ1) is 35.0. The largest absolute Gasteiger partial charge is 0.490 e. The number of aromatic amines is 1. The second-order valence-electron chi connectivity index (χ2n) is 7.83. The van der Waals surface area contributed by atoms with Gasteiger partial charge in [-0.05, 0) is 12.8 Å². The summed E-state index contributed by atoms with van der Waals surface area (Å²) in [6.45, 7) is -1.63. The van der Waals surface area contributed by atoms with Crippen molar-refractivity contribution in [3.8, 4) is 11.8 Å². The summed E-state index contributed by atoms with van der Waals surface area (Å²) >= 11 is 0. The average Bonchev–Trinajstić information content (AvgIpc) is 3.26. The van der Waals surface area contributed by atoms with E-state index in [4.69, 9.17) is 24.2 Å². The lowest BCUT2D eigenvalue weighted by Crippen LogP contribution is -2.38. The van der Waals surface area contributed by atoms with E-state index in [-0.39, 0.29) is 38.0 Å². The molecule has 6 N–H and O–H groups in total. The van der Waals surface area contributed by atoms with Crippen molar-refractivity contribution >= 4 is 29.4 Å². The topological polar surface area (TPSA) is 262 Å². The Bertz CT molecular complexity index is 1410. The number of nitrogens with zero attached hydrogens (tertiary/aromatic N) is 1. The molecule has 18 nitrogen and oxygen atoms in total. The number of phosphoric ester groups is 1. The van der Waals surface area contributed by atoms with E-state index in [0.29, 0.717) is 0 Å². The number of halogens is 3. The Balaban J connectivity index is 1.88. The van der Waals surface area contributed by atoms with Crippen LogP contribution < -0.4 is 16.6 Å². The fourth-order valence-electron chi connectivity index (χ4n) is 3.03. The smallest absolute Gasteiger partial charge is 0.367 e. The zero-order valence-electron chi connectivity index (χ0n) is 20.4. The highest BCUT2D eigenvalue weighted by molar-refractivity contribution is 7.66. The molecule has 2 unspecified atom stereocenters. The van der Waals surface area contributed by atoms with E-state index in [1.165, 1.54) is 0 Å². The van der Waals surface area contributed by atoms with E-state index < -0.39 is 72.3 Å². The zero-order chi connectivity index (χ0) is 31.1. The summed E-state index contributed by atoms with van der Waals surface area (Å²) in [6.07, 6.45) is -5.73. The third-order valence-electron chi connectivity index (χ3n) is 4.64. The molecule has 41 heavy (non-hydrogen) atoms. The number of rotatable bonds is 13. The molecular weight excluding hydrogens is 636 g/mol. The van der Waals surface area contributed by atoms with Gasteiger partial charge in [0.1, 0.15) is 12.8 Å². The van der Waals surface area contributed by atoms with Crippen molar-refractivity contribution in [1.82, 2.24) is 14.9 Å². The van der Waals surface area contributed by atoms with Crippen LogP contribution in [0.4, 0.5) is 13.2 Å². The quantitative estimate of drug-likeness (QED) is 0.0910. The summed E-state index contributed by atoms with van der Waals surface area (Å²) in [5.74, 6) is 2.96. The lowest BCUT2D eigenvalue weighted by atomic mass is 10.2. The predicted octanol–water partition coefficient (Wildman–Crippen LogP) is -0.202. The molecule has 0 aromatic carbocycles. The SMILES string of the molecule is O=C(NCCOCC#CCc1cn([C@H]2CC[C@@H](COP(=O)(O)OP(=O)(O)OP(=O)(O)O)O2)c(=O)[nH]c1=O)C(F)(F)F. The van der Waals surface area contributed by atoms with Crippen molar-refractivity contribution < 1.29 is 73.9 Å². The van der Waals surface area contributed by atoms with Gasteiger partial charge < -0.3 is 34.4 Å². The summed E-state index contributed by atoms with van der Waals surface area (Å²) in [5, 5.41) is 1.60. The number of alkyl halides is 3. The number of aromatic nitrogens is 2. The Kier molecular flexibility index (Phi) is 12.2. The van der Waals surface area contributed by atoms with Gasteiger partial charge in [-0.15, -0.1) is 0 Å². The zero-order valence-corrected chi connectivity index (χ0v) is 23.1. The molecule has 1 fully saturated rings. The average molecular weight is 659 g/mol. The minimum Gasteiger partial charge on any atom is -0.367 e. The van der Waals surface area contributed by atoms with Crippen molar-refractivity contribution in [3.63, 3.8) is 0 Å². The van der Waals surface area contributed by atoms with Crippen molar-refractivity contribution in [2.75, 3.05) is 26.4 Å². The maximum Gasteiger partial charge on any atom is 0.490 e. The number of hydrogen-bond donors (Lipinski definition) is 6. The number of carbonyl (C=O) groups excluding carboxylic acids is 1. The maximum absolute atomic E-state index is 12.3. The van der Waals surface area contributed by atoms with Gasteiger partial charge in [-0.25, -0.2) is 18.5 Å². The standard InChI is InChI=1S/C17H23F3N3O15P3/c18-17(19,20)15(25)21-6-8-34-7-2-1-3-11-9-23(16(26)22-14(11)24)13-5-4-12(36-13)10-35-40(30,31)38-41(32,33)37-39(27,28)29/h9,12-13H,3-8,10H2,(H,21,25)(H,30,31)(H,32,33)(H,22,24,26)(H2,27,28,29)/t12-,13+/m0/s1. The molecule has 1 saturated heterocycles. The van der Waals surface area contributed by atoms with Crippen LogP contribution in [0.2, 0.25) is 0 Å². The summed E-state index contributed by atoms with van der Waals surface area (Å²) in [6, 6.07) is 0. The van der Waals surface area contributed by atoms with Crippen LogP contribution >= 0.6 is 23.5 Å². The van der Waals surface area contributed by atoms with E-state index in [1.807, 2.05) is 0 Å². The number of phosphoric acid groups is 3. The Hall–Kier alpha value is -2.17. The van der Waals surface area contributed by atoms with Gasteiger partial charge in [0.05, 0.1) is 19.3 Å². The van der Waals surface area contributed by atoms with Crippen LogP contribution in [0.15, 0.2) is 15.8 Å². The molecule has 0 saturated carbocycles. The van der Waals surface area contributed by atoms with E-state index in [1.54, 1.807) is 5.32 Å². The Morgan fingerprint density at radius 3 is 2.44 bits per heavy atom. The molecule has 1 aromatic heterocycles. The van der Waals surface area contributed by atoms with Crippen LogP contribution in [0.25, 0.3) is 0 Å². The minimum atomic E-state index is -5.69. The van der Waals surface area contributed by atoms with Gasteiger partial charge in [0.25, 0.3) is 5.56 Å². The predicted molar refractivity (Wildman–Crippen MR) is 126 cm³/mol. The third kappa shape index (κ3) is 12.7. The van der Waals surface area contributed by atoms with Gasteiger partial charge in [0.2, 0.25) is 0 Å². The Morgan fingerprint density at radius 1 is 1.12 bits per heavy atom. The Morgan fingerprint density at radius 2 is 1.80 bits per heavy atom. The molecule has 1 aromatic rings. The molecular formula is C17H23F3N3O15P3. The molecule has 24 heteroatoms. The van der Waals surface area contributed by atoms with Gasteiger partial charge in [0.15, 0.2) is 0 Å².